The molecule has 0 aliphatic heterocycles. The maximum absolute atomic E-state index is 12.0. The van der Waals surface area contributed by atoms with E-state index in [1.807, 2.05) is 10.9 Å². The lowest BCUT2D eigenvalue weighted by Gasteiger charge is -2.24. The van der Waals surface area contributed by atoms with Gasteiger partial charge in [-0.1, -0.05) is 39.0 Å². The molecule has 1 saturated carbocycles. The van der Waals surface area contributed by atoms with Crippen molar-refractivity contribution in [2.24, 2.45) is 11.8 Å². The zero-order valence-electron chi connectivity index (χ0n) is 11.7. The van der Waals surface area contributed by atoms with Gasteiger partial charge in [-0.3, -0.25) is 4.79 Å². The Kier molecular flexibility index (Phi) is 5.83. The summed E-state index contributed by atoms with van der Waals surface area (Å²) in [7, 11) is 0. The second kappa shape index (κ2) is 7.63. The minimum Gasteiger partial charge on any atom is -0.355 e. The van der Waals surface area contributed by atoms with Crippen molar-refractivity contribution >= 4 is 17.2 Å². The van der Waals surface area contributed by atoms with Crippen molar-refractivity contribution in [3.05, 3.63) is 16.6 Å². The van der Waals surface area contributed by atoms with Gasteiger partial charge < -0.3 is 5.32 Å². The van der Waals surface area contributed by atoms with Crippen LogP contribution in [0.1, 0.15) is 51.1 Å². The molecule has 1 atom stereocenters. The minimum atomic E-state index is 0.151. The third-order valence-corrected chi connectivity index (χ3v) is 4.66. The molecular weight excluding hydrogens is 256 g/mol. The first-order chi connectivity index (χ1) is 9.25. The van der Waals surface area contributed by atoms with Gasteiger partial charge in [-0.2, -0.15) is 0 Å². The van der Waals surface area contributed by atoms with Crippen LogP contribution in [0.5, 0.6) is 0 Å². The first kappa shape index (κ1) is 14.5. The fourth-order valence-electron chi connectivity index (χ4n) is 2.88. The van der Waals surface area contributed by atoms with Crippen molar-refractivity contribution in [3.63, 3.8) is 0 Å². The maximum atomic E-state index is 12.0. The second-order valence-electron chi connectivity index (χ2n) is 5.66. The molecule has 1 heterocycles. The van der Waals surface area contributed by atoms with Crippen LogP contribution in [-0.4, -0.2) is 17.4 Å². The van der Waals surface area contributed by atoms with Crippen LogP contribution >= 0.6 is 11.3 Å². The standard InChI is InChI=1S/C15H24N2OS/c1-12(9-13-5-3-2-4-6-13)15(18)16-8-7-14-10-19-11-17-14/h10-13H,2-9H2,1H3,(H,16,18)/t12-/m0/s1. The summed E-state index contributed by atoms with van der Waals surface area (Å²) in [5.41, 5.74) is 2.91. The van der Waals surface area contributed by atoms with Gasteiger partial charge in [0.25, 0.3) is 0 Å². The molecule has 1 aromatic rings. The highest BCUT2D eigenvalue weighted by Crippen LogP contribution is 2.28. The Balaban J connectivity index is 1.64. The van der Waals surface area contributed by atoms with E-state index in [2.05, 4.69) is 17.2 Å². The summed E-state index contributed by atoms with van der Waals surface area (Å²) in [4.78, 5) is 16.2. The zero-order valence-corrected chi connectivity index (χ0v) is 12.5. The lowest BCUT2D eigenvalue weighted by atomic mass is 9.83. The predicted molar refractivity (Wildman–Crippen MR) is 79.2 cm³/mol. The Bertz CT molecular complexity index is 372. The van der Waals surface area contributed by atoms with Crippen LogP contribution in [0.2, 0.25) is 0 Å². The van der Waals surface area contributed by atoms with E-state index >= 15 is 0 Å². The maximum Gasteiger partial charge on any atom is 0.222 e. The Hall–Kier alpha value is -0.900. The highest BCUT2D eigenvalue weighted by Gasteiger charge is 2.20. The van der Waals surface area contributed by atoms with Gasteiger partial charge in [-0.25, -0.2) is 4.98 Å². The number of nitrogens with one attached hydrogen (secondary N) is 1. The van der Waals surface area contributed by atoms with E-state index in [4.69, 9.17) is 0 Å². The number of aromatic nitrogens is 1. The molecule has 0 spiro atoms. The molecule has 0 bridgehead atoms. The fourth-order valence-corrected chi connectivity index (χ4v) is 3.47. The molecule has 0 unspecified atom stereocenters. The molecule has 0 aromatic carbocycles. The van der Waals surface area contributed by atoms with E-state index < -0.39 is 0 Å². The Labute approximate surface area is 119 Å². The summed E-state index contributed by atoms with van der Waals surface area (Å²) in [6.45, 7) is 2.77. The van der Waals surface area contributed by atoms with Crippen molar-refractivity contribution < 1.29 is 4.79 Å². The number of thiazole rings is 1. The van der Waals surface area contributed by atoms with Gasteiger partial charge in [0, 0.05) is 24.3 Å². The molecule has 1 amide bonds. The molecule has 19 heavy (non-hydrogen) atoms. The molecule has 1 aliphatic rings. The molecule has 2 rings (SSSR count). The van der Waals surface area contributed by atoms with Crippen LogP contribution in [0.3, 0.4) is 0 Å². The summed E-state index contributed by atoms with van der Waals surface area (Å²) < 4.78 is 0. The van der Waals surface area contributed by atoms with Gasteiger partial charge in [0.05, 0.1) is 11.2 Å². The highest BCUT2D eigenvalue weighted by atomic mass is 32.1. The van der Waals surface area contributed by atoms with Crippen LogP contribution < -0.4 is 5.32 Å². The largest absolute Gasteiger partial charge is 0.355 e. The Morgan fingerprint density at radius 3 is 2.95 bits per heavy atom. The van der Waals surface area contributed by atoms with E-state index in [9.17, 15) is 4.79 Å². The molecule has 1 fully saturated rings. The zero-order chi connectivity index (χ0) is 13.5. The summed E-state index contributed by atoms with van der Waals surface area (Å²) in [5.74, 6) is 1.13. The van der Waals surface area contributed by atoms with E-state index in [0.29, 0.717) is 6.54 Å². The van der Waals surface area contributed by atoms with Gasteiger partial charge in [0.15, 0.2) is 0 Å². The number of carbonyl (C=O) groups is 1. The molecular formula is C15H24N2OS. The van der Waals surface area contributed by atoms with E-state index in [0.717, 1.165) is 24.5 Å². The smallest absolute Gasteiger partial charge is 0.222 e. The van der Waals surface area contributed by atoms with Gasteiger partial charge >= 0.3 is 0 Å². The number of carbonyl (C=O) groups excluding carboxylic acids is 1. The van der Waals surface area contributed by atoms with Gasteiger partial charge in [0.1, 0.15) is 0 Å². The number of rotatable bonds is 6. The van der Waals surface area contributed by atoms with E-state index in [1.165, 1.54) is 32.1 Å². The molecule has 1 N–H and O–H groups in total. The van der Waals surface area contributed by atoms with Gasteiger partial charge in [0.2, 0.25) is 5.91 Å². The lowest BCUT2D eigenvalue weighted by molar-refractivity contribution is -0.125. The highest BCUT2D eigenvalue weighted by molar-refractivity contribution is 7.07. The van der Waals surface area contributed by atoms with E-state index in [1.54, 1.807) is 11.3 Å². The van der Waals surface area contributed by atoms with Crippen molar-refractivity contribution in [2.75, 3.05) is 6.54 Å². The average Bonchev–Trinajstić information content (AvgIpc) is 2.93. The number of amides is 1. The first-order valence-corrected chi connectivity index (χ1v) is 8.34. The molecule has 0 radical (unpaired) electrons. The van der Waals surface area contributed by atoms with Crippen molar-refractivity contribution in [3.8, 4) is 0 Å². The molecule has 4 heteroatoms. The summed E-state index contributed by atoms with van der Waals surface area (Å²) in [5, 5.41) is 5.08. The molecule has 3 nitrogen and oxygen atoms in total. The van der Waals surface area contributed by atoms with E-state index in [-0.39, 0.29) is 11.8 Å². The van der Waals surface area contributed by atoms with Crippen LogP contribution in [0.15, 0.2) is 10.9 Å². The summed E-state index contributed by atoms with van der Waals surface area (Å²) in [6.07, 6.45) is 8.61. The SMILES string of the molecule is C[C@@H](CC1CCCCC1)C(=O)NCCc1cscn1. The topological polar surface area (TPSA) is 42.0 Å². The van der Waals surface area contributed by atoms with Crippen molar-refractivity contribution in [1.29, 1.82) is 0 Å². The Morgan fingerprint density at radius 2 is 2.26 bits per heavy atom. The second-order valence-corrected chi connectivity index (χ2v) is 6.38. The molecule has 106 valence electrons. The van der Waals surface area contributed by atoms with Crippen molar-refractivity contribution in [2.45, 2.75) is 51.9 Å². The number of nitrogens with zero attached hydrogens (tertiary/aromatic N) is 1. The predicted octanol–water partition coefficient (Wildman–Crippen LogP) is 3.41. The molecule has 1 aliphatic carbocycles. The third kappa shape index (κ3) is 4.94. The fraction of sp³-hybridized carbons (Fsp3) is 0.733. The number of hydrogen-bond donors (Lipinski definition) is 1. The molecule has 0 saturated heterocycles. The first-order valence-electron chi connectivity index (χ1n) is 7.40. The lowest BCUT2D eigenvalue weighted by Crippen LogP contribution is -2.32. The quantitative estimate of drug-likeness (QED) is 0.867. The van der Waals surface area contributed by atoms with Crippen LogP contribution in [0.25, 0.3) is 0 Å². The van der Waals surface area contributed by atoms with Crippen LogP contribution in [0.4, 0.5) is 0 Å². The third-order valence-electron chi connectivity index (χ3n) is 4.02. The monoisotopic (exact) mass is 280 g/mol. The number of hydrogen-bond acceptors (Lipinski definition) is 3. The van der Waals surface area contributed by atoms with Gasteiger partial charge in [-0.05, 0) is 12.3 Å². The molecule has 1 aromatic heterocycles. The minimum absolute atomic E-state index is 0.151. The Morgan fingerprint density at radius 1 is 1.47 bits per heavy atom. The van der Waals surface area contributed by atoms with Gasteiger partial charge in [-0.15, -0.1) is 11.3 Å². The van der Waals surface area contributed by atoms with Crippen LogP contribution in [-0.2, 0) is 11.2 Å². The van der Waals surface area contributed by atoms with Crippen LogP contribution in [0, 0.1) is 11.8 Å². The summed E-state index contributed by atoms with van der Waals surface area (Å²) in [6, 6.07) is 0. The summed E-state index contributed by atoms with van der Waals surface area (Å²) >= 11 is 1.60. The normalized spacial score (nSPS) is 18.2. The average molecular weight is 280 g/mol. The van der Waals surface area contributed by atoms with Crippen molar-refractivity contribution in [1.82, 2.24) is 10.3 Å².